The van der Waals surface area contributed by atoms with Crippen LogP contribution >= 0.6 is 15.9 Å². The van der Waals surface area contributed by atoms with Crippen molar-refractivity contribution in [3.8, 4) is 22.9 Å². The molecule has 0 atom stereocenters. The van der Waals surface area contributed by atoms with Crippen LogP contribution in [-0.4, -0.2) is 20.0 Å². The van der Waals surface area contributed by atoms with Crippen LogP contribution in [0.2, 0.25) is 0 Å². The summed E-state index contributed by atoms with van der Waals surface area (Å²) < 4.78 is 39.9. The highest BCUT2D eigenvalue weighted by molar-refractivity contribution is 9.10. The van der Waals surface area contributed by atoms with Gasteiger partial charge in [-0.15, -0.1) is 10.2 Å². The first-order valence-electron chi connectivity index (χ1n) is 9.03. The smallest absolute Gasteiger partial charge is 0.283 e. The summed E-state index contributed by atoms with van der Waals surface area (Å²) in [6.07, 6.45) is 0. The molecule has 0 spiro atoms. The summed E-state index contributed by atoms with van der Waals surface area (Å²) in [6.45, 7) is -0.116. The third kappa shape index (κ3) is 3.55. The summed E-state index contributed by atoms with van der Waals surface area (Å²) >= 11 is 3.20. The van der Waals surface area contributed by atoms with Crippen molar-refractivity contribution < 1.29 is 17.6 Å². The molecular formula is C21H11BrF2N4O3. The molecule has 0 saturated heterocycles. The zero-order valence-electron chi connectivity index (χ0n) is 15.6. The lowest BCUT2D eigenvalue weighted by molar-refractivity contribution is 0.450. The van der Waals surface area contributed by atoms with Gasteiger partial charge in [0.15, 0.2) is 22.1 Å². The maximum absolute atomic E-state index is 13.8. The maximum atomic E-state index is 13.8. The van der Waals surface area contributed by atoms with E-state index in [0.29, 0.717) is 32.5 Å². The molecule has 0 unspecified atom stereocenters. The van der Waals surface area contributed by atoms with Crippen molar-refractivity contribution in [3.05, 3.63) is 87.1 Å². The highest BCUT2D eigenvalue weighted by Gasteiger charge is 2.17. The number of halogens is 3. The van der Waals surface area contributed by atoms with Gasteiger partial charge < -0.3 is 8.83 Å². The predicted octanol–water partition coefficient (Wildman–Crippen LogP) is 4.80. The summed E-state index contributed by atoms with van der Waals surface area (Å²) in [4.78, 5) is 13.0. The molecule has 0 amide bonds. The zero-order chi connectivity index (χ0) is 21.5. The van der Waals surface area contributed by atoms with E-state index in [1.165, 1.54) is 6.07 Å². The fourth-order valence-electron chi connectivity index (χ4n) is 3.17. The van der Waals surface area contributed by atoms with Crippen LogP contribution in [0.25, 0.3) is 33.7 Å². The molecule has 154 valence electrons. The standard InChI is InChI=1S/C21H11BrF2N4O3/c22-17-8-7-16(30-17)20-26-25-18(31-20)10-28-21(29)13-4-2-1-3-12(13)19(27-28)11-5-6-14(23)15(24)9-11/h1-9H,10H2. The number of hydrogen-bond donors (Lipinski definition) is 0. The van der Waals surface area contributed by atoms with E-state index in [2.05, 4.69) is 31.2 Å². The second kappa shape index (κ2) is 7.55. The molecule has 0 N–H and O–H groups in total. The van der Waals surface area contributed by atoms with Crippen LogP contribution in [0, 0.1) is 11.6 Å². The van der Waals surface area contributed by atoms with E-state index >= 15 is 0 Å². The number of hydrogen-bond acceptors (Lipinski definition) is 6. The van der Waals surface area contributed by atoms with Gasteiger partial charge in [0, 0.05) is 10.9 Å². The average Bonchev–Trinajstić information content (AvgIpc) is 3.41. The van der Waals surface area contributed by atoms with Crippen LogP contribution in [0.1, 0.15) is 5.89 Å². The van der Waals surface area contributed by atoms with Crippen LogP contribution in [0.15, 0.2) is 72.9 Å². The van der Waals surface area contributed by atoms with Gasteiger partial charge in [0.1, 0.15) is 6.54 Å². The molecule has 5 rings (SSSR count). The third-order valence-corrected chi connectivity index (χ3v) is 5.02. The van der Waals surface area contributed by atoms with Crippen molar-refractivity contribution in [3.63, 3.8) is 0 Å². The summed E-state index contributed by atoms with van der Waals surface area (Å²) in [7, 11) is 0. The van der Waals surface area contributed by atoms with Crippen molar-refractivity contribution in [2.45, 2.75) is 6.54 Å². The maximum Gasteiger partial charge on any atom is 0.283 e. The van der Waals surface area contributed by atoms with Gasteiger partial charge in [0.2, 0.25) is 5.89 Å². The Morgan fingerprint density at radius 3 is 2.48 bits per heavy atom. The zero-order valence-corrected chi connectivity index (χ0v) is 17.1. The van der Waals surface area contributed by atoms with Gasteiger partial charge >= 0.3 is 0 Å². The lowest BCUT2D eigenvalue weighted by Gasteiger charge is -2.10. The average molecular weight is 485 g/mol. The minimum absolute atomic E-state index is 0.116. The molecule has 0 aliphatic rings. The van der Waals surface area contributed by atoms with Gasteiger partial charge in [-0.05, 0) is 52.3 Å². The Hall–Kier alpha value is -3.66. The topological polar surface area (TPSA) is 87.0 Å². The van der Waals surface area contributed by atoms with E-state index in [1.54, 1.807) is 36.4 Å². The van der Waals surface area contributed by atoms with Gasteiger partial charge in [0.05, 0.1) is 11.1 Å². The monoisotopic (exact) mass is 484 g/mol. The van der Waals surface area contributed by atoms with Crippen molar-refractivity contribution >= 4 is 26.7 Å². The molecule has 0 fully saturated rings. The van der Waals surface area contributed by atoms with Gasteiger partial charge in [-0.25, -0.2) is 13.5 Å². The Morgan fingerprint density at radius 1 is 0.935 bits per heavy atom. The van der Waals surface area contributed by atoms with E-state index in [9.17, 15) is 13.6 Å². The first-order chi connectivity index (χ1) is 15.0. The van der Waals surface area contributed by atoms with Crippen molar-refractivity contribution in [2.75, 3.05) is 0 Å². The number of aromatic nitrogens is 4. The van der Waals surface area contributed by atoms with Gasteiger partial charge in [-0.1, -0.05) is 18.2 Å². The number of furan rings is 1. The first-order valence-corrected chi connectivity index (χ1v) is 9.82. The Kier molecular flexibility index (Phi) is 4.70. The lowest BCUT2D eigenvalue weighted by Crippen LogP contribution is -2.24. The van der Waals surface area contributed by atoms with E-state index < -0.39 is 11.6 Å². The van der Waals surface area contributed by atoms with E-state index in [-0.39, 0.29) is 23.9 Å². The minimum Gasteiger partial charge on any atom is -0.444 e. The van der Waals surface area contributed by atoms with Crippen molar-refractivity contribution in [1.29, 1.82) is 0 Å². The molecule has 3 heterocycles. The molecule has 10 heteroatoms. The summed E-state index contributed by atoms with van der Waals surface area (Å²) in [6, 6.07) is 13.6. The normalized spacial score (nSPS) is 11.3. The highest BCUT2D eigenvalue weighted by Crippen LogP contribution is 2.27. The molecule has 0 aliphatic heterocycles. The summed E-state index contributed by atoms with van der Waals surface area (Å²) in [5, 5.41) is 13.1. The Morgan fingerprint density at radius 2 is 1.74 bits per heavy atom. The number of nitrogens with zero attached hydrogens (tertiary/aromatic N) is 4. The molecular weight excluding hydrogens is 474 g/mol. The van der Waals surface area contributed by atoms with E-state index in [1.807, 2.05) is 0 Å². The van der Waals surface area contributed by atoms with E-state index in [4.69, 9.17) is 8.83 Å². The molecule has 0 saturated carbocycles. The molecule has 3 aromatic heterocycles. The number of benzene rings is 2. The van der Waals surface area contributed by atoms with Crippen LogP contribution in [-0.2, 0) is 6.54 Å². The molecule has 31 heavy (non-hydrogen) atoms. The third-order valence-electron chi connectivity index (χ3n) is 4.60. The molecule has 7 nitrogen and oxygen atoms in total. The van der Waals surface area contributed by atoms with E-state index in [0.717, 1.165) is 16.8 Å². The number of fused-ring (bicyclic) bond motifs is 1. The van der Waals surface area contributed by atoms with Gasteiger partial charge in [-0.3, -0.25) is 4.79 Å². The second-order valence-corrected chi connectivity index (χ2v) is 7.37. The van der Waals surface area contributed by atoms with Gasteiger partial charge in [0.25, 0.3) is 11.4 Å². The first kappa shape index (κ1) is 19.3. The molecule has 5 aromatic rings. The summed E-state index contributed by atoms with van der Waals surface area (Å²) in [5.74, 6) is -1.33. The van der Waals surface area contributed by atoms with Crippen LogP contribution in [0.3, 0.4) is 0 Å². The highest BCUT2D eigenvalue weighted by atomic mass is 79.9. The van der Waals surface area contributed by atoms with Crippen molar-refractivity contribution in [2.24, 2.45) is 0 Å². The fourth-order valence-corrected chi connectivity index (χ4v) is 3.48. The molecule has 0 aliphatic carbocycles. The van der Waals surface area contributed by atoms with Gasteiger partial charge in [-0.2, -0.15) is 5.10 Å². The Bertz CT molecular complexity index is 1490. The molecule has 0 bridgehead atoms. The molecule has 2 aromatic carbocycles. The van der Waals surface area contributed by atoms with Crippen molar-refractivity contribution in [1.82, 2.24) is 20.0 Å². The Balaban J connectivity index is 1.61. The van der Waals surface area contributed by atoms with Crippen LogP contribution in [0.5, 0.6) is 0 Å². The SMILES string of the molecule is O=c1c2ccccc2c(-c2ccc(F)c(F)c2)nn1Cc1nnc(-c2ccc(Br)o2)o1. The summed E-state index contributed by atoms with van der Waals surface area (Å²) in [5.41, 5.74) is 0.265. The lowest BCUT2D eigenvalue weighted by atomic mass is 10.0. The molecule has 0 radical (unpaired) electrons. The fraction of sp³-hybridized carbons (Fsp3) is 0.0476. The Labute approximate surface area is 181 Å². The van der Waals surface area contributed by atoms with Crippen LogP contribution in [0.4, 0.5) is 8.78 Å². The number of rotatable bonds is 4. The minimum atomic E-state index is -1.01. The quantitative estimate of drug-likeness (QED) is 0.364. The predicted molar refractivity (Wildman–Crippen MR) is 110 cm³/mol. The largest absolute Gasteiger partial charge is 0.444 e. The second-order valence-electron chi connectivity index (χ2n) is 6.59. The van der Waals surface area contributed by atoms with Crippen LogP contribution < -0.4 is 5.56 Å².